The minimum Gasteiger partial charge on any atom is -0.459 e. The Balaban J connectivity index is 1.92. The zero-order valence-electron chi connectivity index (χ0n) is 12.3. The summed E-state index contributed by atoms with van der Waals surface area (Å²) < 4.78 is 5.24. The van der Waals surface area contributed by atoms with Crippen molar-refractivity contribution in [1.29, 1.82) is 0 Å². The Labute approximate surface area is 129 Å². The molecule has 0 bridgehead atoms. The van der Waals surface area contributed by atoms with Gasteiger partial charge in [-0.05, 0) is 36.8 Å². The maximum absolute atomic E-state index is 12.7. The fourth-order valence-corrected chi connectivity index (χ4v) is 2.18. The third-order valence-corrected chi connectivity index (χ3v) is 3.36. The van der Waals surface area contributed by atoms with Gasteiger partial charge in [-0.25, -0.2) is 4.98 Å². The summed E-state index contributed by atoms with van der Waals surface area (Å²) in [6, 6.07) is 17.0. The monoisotopic (exact) mass is 292 g/mol. The van der Waals surface area contributed by atoms with Crippen LogP contribution in [-0.4, -0.2) is 10.9 Å². The summed E-state index contributed by atoms with van der Waals surface area (Å²) in [5.74, 6) is 0.700. The summed E-state index contributed by atoms with van der Waals surface area (Å²) in [7, 11) is 0. The highest BCUT2D eigenvalue weighted by Crippen LogP contribution is 2.18. The van der Waals surface area contributed by atoms with Gasteiger partial charge in [0.05, 0.1) is 12.8 Å². The lowest BCUT2D eigenvalue weighted by Crippen LogP contribution is -2.30. The van der Waals surface area contributed by atoms with Gasteiger partial charge in [0, 0.05) is 6.20 Å². The van der Waals surface area contributed by atoms with Crippen molar-refractivity contribution in [3.63, 3.8) is 0 Å². The van der Waals surface area contributed by atoms with Gasteiger partial charge in [0.15, 0.2) is 5.76 Å². The van der Waals surface area contributed by atoms with Gasteiger partial charge in [-0.15, -0.1) is 0 Å². The molecule has 2 heterocycles. The Bertz CT molecular complexity index is 735. The van der Waals surface area contributed by atoms with Gasteiger partial charge in [-0.1, -0.05) is 35.9 Å². The number of amides is 1. The van der Waals surface area contributed by atoms with Gasteiger partial charge < -0.3 is 4.42 Å². The molecule has 4 heteroatoms. The smallest absolute Gasteiger partial charge is 0.295 e. The summed E-state index contributed by atoms with van der Waals surface area (Å²) >= 11 is 0. The Hall–Kier alpha value is -2.88. The van der Waals surface area contributed by atoms with Gasteiger partial charge in [0.25, 0.3) is 5.91 Å². The first-order chi connectivity index (χ1) is 10.7. The minimum absolute atomic E-state index is 0.204. The molecule has 4 nitrogen and oxygen atoms in total. The molecule has 0 unspecified atom stereocenters. The van der Waals surface area contributed by atoms with E-state index in [1.54, 1.807) is 23.2 Å². The molecule has 110 valence electrons. The number of pyridine rings is 1. The standard InChI is InChI=1S/C18H16N2O2/c1-14-7-9-15(10-8-14)13-20(17-6-2-3-11-19-17)18(21)16-5-4-12-22-16/h2-12H,13H2,1H3. The van der Waals surface area contributed by atoms with Crippen LogP contribution in [0.1, 0.15) is 21.7 Å². The molecular formula is C18H16N2O2. The molecule has 0 aliphatic carbocycles. The molecule has 3 aromatic rings. The number of anilines is 1. The zero-order chi connectivity index (χ0) is 15.4. The van der Waals surface area contributed by atoms with Crippen LogP contribution in [0.2, 0.25) is 0 Å². The van der Waals surface area contributed by atoms with E-state index in [2.05, 4.69) is 4.98 Å². The van der Waals surface area contributed by atoms with Crippen molar-refractivity contribution in [2.24, 2.45) is 0 Å². The highest BCUT2D eigenvalue weighted by Gasteiger charge is 2.21. The van der Waals surface area contributed by atoms with E-state index in [0.717, 1.165) is 5.56 Å². The van der Waals surface area contributed by atoms with Crippen LogP contribution in [0.5, 0.6) is 0 Å². The Morgan fingerprint density at radius 3 is 2.55 bits per heavy atom. The van der Waals surface area contributed by atoms with Gasteiger partial charge in [0.1, 0.15) is 5.82 Å². The summed E-state index contributed by atoms with van der Waals surface area (Å²) in [6.45, 7) is 2.48. The topological polar surface area (TPSA) is 46.3 Å². The predicted octanol–water partition coefficient (Wildman–Crippen LogP) is 3.83. The van der Waals surface area contributed by atoms with E-state index in [1.807, 2.05) is 49.4 Å². The van der Waals surface area contributed by atoms with Gasteiger partial charge in [-0.3, -0.25) is 9.69 Å². The van der Waals surface area contributed by atoms with Crippen LogP contribution in [0.4, 0.5) is 5.82 Å². The Kier molecular flexibility index (Phi) is 4.01. The molecule has 22 heavy (non-hydrogen) atoms. The Morgan fingerprint density at radius 2 is 1.91 bits per heavy atom. The molecule has 0 radical (unpaired) electrons. The molecule has 0 aliphatic rings. The van der Waals surface area contributed by atoms with Crippen LogP contribution in [0.3, 0.4) is 0 Å². The summed E-state index contributed by atoms with van der Waals surface area (Å²) in [5, 5.41) is 0. The highest BCUT2D eigenvalue weighted by atomic mass is 16.3. The van der Waals surface area contributed by atoms with E-state index in [1.165, 1.54) is 11.8 Å². The maximum Gasteiger partial charge on any atom is 0.295 e. The van der Waals surface area contributed by atoms with Crippen LogP contribution in [0.25, 0.3) is 0 Å². The van der Waals surface area contributed by atoms with Gasteiger partial charge >= 0.3 is 0 Å². The van der Waals surface area contributed by atoms with Crippen molar-refractivity contribution in [2.75, 3.05) is 4.90 Å². The molecule has 1 aromatic carbocycles. The average molecular weight is 292 g/mol. The van der Waals surface area contributed by atoms with E-state index in [9.17, 15) is 4.79 Å². The fourth-order valence-electron chi connectivity index (χ4n) is 2.18. The second kappa shape index (κ2) is 6.26. The van der Waals surface area contributed by atoms with Gasteiger partial charge in [-0.2, -0.15) is 0 Å². The van der Waals surface area contributed by atoms with E-state index < -0.39 is 0 Å². The van der Waals surface area contributed by atoms with E-state index >= 15 is 0 Å². The molecule has 0 saturated heterocycles. The SMILES string of the molecule is Cc1ccc(CN(C(=O)c2ccco2)c2ccccn2)cc1. The third-order valence-electron chi connectivity index (χ3n) is 3.36. The molecule has 0 atom stereocenters. The number of aromatic nitrogens is 1. The van der Waals surface area contributed by atoms with Crippen LogP contribution in [0, 0.1) is 6.92 Å². The fraction of sp³-hybridized carbons (Fsp3) is 0.111. The third kappa shape index (κ3) is 3.06. The Morgan fingerprint density at radius 1 is 1.09 bits per heavy atom. The number of furan rings is 1. The number of hydrogen-bond donors (Lipinski definition) is 0. The number of benzene rings is 1. The molecule has 0 fully saturated rings. The number of hydrogen-bond acceptors (Lipinski definition) is 3. The summed E-state index contributed by atoms with van der Waals surface area (Å²) in [6.07, 6.45) is 3.17. The van der Waals surface area contributed by atoms with E-state index in [4.69, 9.17) is 4.42 Å². The maximum atomic E-state index is 12.7. The van der Waals surface area contributed by atoms with Crippen molar-refractivity contribution < 1.29 is 9.21 Å². The van der Waals surface area contributed by atoms with Crippen LogP contribution in [-0.2, 0) is 6.54 Å². The molecule has 0 saturated carbocycles. The van der Waals surface area contributed by atoms with Crippen LogP contribution >= 0.6 is 0 Å². The first-order valence-corrected chi connectivity index (χ1v) is 7.06. The molecule has 1 amide bonds. The first-order valence-electron chi connectivity index (χ1n) is 7.06. The van der Waals surface area contributed by atoms with Crippen LogP contribution < -0.4 is 4.90 Å². The van der Waals surface area contributed by atoms with Crippen molar-refractivity contribution in [1.82, 2.24) is 4.98 Å². The molecular weight excluding hydrogens is 276 g/mol. The van der Waals surface area contributed by atoms with Crippen molar-refractivity contribution >= 4 is 11.7 Å². The number of carbonyl (C=O) groups excluding carboxylic acids is 1. The normalized spacial score (nSPS) is 10.4. The number of carbonyl (C=O) groups is 1. The molecule has 0 spiro atoms. The number of aryl methyl sites for hydroxylation is 1. The predicted molar refractivity (Wildman–Crippen MR) is 84.6 cm³/mol. The van der Waals surface area contributed by atoms with E-state index in [0.29, 0.717) is 18.1 Å². The lowest BCUT2D eigenvalue weighted by Gasteiger charge is -2.20. The minimum atomic E-state index is -0.204. The van der Waals surface area contributed by atoms with Crippen LogP contribution in [0.15, 0.2) is 71.5 Å². The second-order valence-corrected chi connectivity index (χ2v) is 5.04. The zero-order valence-corrected chi connectivity index (χ0v) is 12.3. The molecule has 3 rings (SSSR count). The quantitative estimate of drug-likeness (QED) is 0.734. The highest BCUT2D eigenvalue weighted by molar-refractivity contribution is 6.03. The van der Waals surface area contributed by atoms with Crippen molar-refractivity contribution in [3.05, 3.63) is 83.9 Å². The number of nitrogens with zero attached hydrogens (tertiary/aromatic N) is 2. The largest absolute Gasteiger partial charge is 0.459 e. The van der Waals surface area contributed by atoms with E-state index in [-0.39, 0.29) is 5.91 Å². The molecule has 2 aromatic heterocycles. The lowest BCUT2D eigenvalue weighted by atomic mass is 10.1. The average Bonchev–Trinajstić information content (AvgIpc) is 3.09. The summed E-state index contributed by atoms with van der Waals surface area (Å²) in [4.78, 5) is 18.6. The van der Waals surface area contributed by atoms with Crippen molar-refractivity contribution in [3.8, 4) is 0 Å². The number of rotatable bonds is 4. The second-order valence-electron chi connectivity index (χ2n) is 5.04. The summed E-state index contributed by atoms with van der Waals surface area (Å²) in [5.41, 5.74) is 2.22. The first kappa shape index (κ1) is 14.1. The molecule has 0 N–H and O–H groups in total. The van der Waals surface area contributed by atoms with Gasteiger partial charge in [0.2, 0.25) is 0 Å². The van der Waals surface area contributed by atoms with Crippen molar-refractivity contribution in [2.45, 2.75) is 13.5 Å². The lowest BCUT2D eigenvalue weighted by molar-refractivity contribution is 0.0957. The molecule has 0 aliphatic heterocycles.